The van der Waals surface area contributed by atoms with Gasteiger partial charge in [0.1, 0.15) is 29.2 Å². The summed E-state index contributed by atoms with van der Waals surface area (Å²) >= 11 is 0. The molecule has 0 heterocycles. The van der Waals surface area contributed by atoms with E-state index in [9.17, 15) is 10.1 Å². The minimum atomic E-state index is -0.403. The van der Waals surface area contributed by atoms with E-state index in [4.69, 9.17) is 14.7 Å². The van der Waals surface area contributed by atoms with E-state index in [1.807, 2.05) is 12.1 Å². The van der Waals surface area contributed by atoms with E-state index < -0.39 is 5.78 Å². The van der Waals surface area contributed by atoms with Crippen molar-refractivity contribution >= 4 is 11.9 Å². The van der Waals surface area contributed by atoms with Gasteiger partial charge in [-0.2, -0.15) is 10.5 Å². The van der Waals surface area contributed by atoms with Gasteiger partial charge in [0.15, 0.2) is 6.61 Å². The van der Waals surface area contributed by atoms with Gasteiger partial charge in [0.05, 0.1) is 12.7 Å². The van der Waals surface area contributed by atoms with Crippen LogP contribution in [0.2, 0.25) is 0 Å². The molecule has 0 atom stereocenters. The van der Waals surface area contributed by atoms with Gasteiger partial charge in [0.25, 0.3) is 0 Å². The van der Waals surface area contributed by atoms with E-state index in [0.29, 0.717) is 22.6 Å². The molecular formula is C19H14N2O3. The van der Waals surface area contributed by atoms with E-state index in [-0.39, 0.29) is 12.2 Å². The van der Waals surface area contributed by atoms with Crippen molar-refractivity contribution in [2.24, 2.45) is 0 Å². The van der Waals surface area contributed by atoms with Crippen LogP contribution in [0.1, 0.15) is 15.9 Å². The molecule has 0 spiro atoms. The molecule has 0 aliphatic carbocycles. The maximum absolute atomic E-state index is 12.5. The first-order valence-electron chi connectivity index (χ1n) is 7.09. The Morgan fingerprint density at radius 2 is 1.83 bits per heavy atom. The number of para-hydroxylation sites is 1. The van der Waals surface area contributed by atoms with Gasteiger partial charge in [-0.15, -0.1) is 0 Å². The zero-order chi connectivity index (χ0) is 17.4. The number of Topliss-reactive ketones (excluding diaryl/α,β-unsaturated/α-hetero) is 1. The number of ketones is 1. The molecule has 5 heteroatoms. The number of nitrogens with zero attached hydrogens (tertiary/aromatic N) is 2. The van der Waals surface area contributed by atoms with Crippen LogP contribution in [0.5, 0.6) is 11.5 Å². The molecule has 24 heavy (non-hydrogen) atoms. The van der Waals surface area contributed by atoms with Crippen LogP contribution in [-0.2, 0) is 0 Å². The number of hydrogen-bond donors (Lipinski definition) is 0. The summed E-state index contributed by atoms with van der Waals surface area (Å²) in [7, 11) is 1.47. The molecular weight excluding hydrogens is 304 g/mol. The third kappa shape index (κ3) is 4.00. The van der Waals surface area contributed by atoms with Crippen LogP contribution in [0.4, 0.5) is 0 Å². The van der Waals surface area contributed by atoms with Crippen LogP contribution in [0.15, 0.2) is 54.1 Å². The largest absolute Gasteiger partial charge is 0.496 e. The topological polar surface area (TPSA) is 83.1 Å². The number of nitriles is 2. The summed E-state index contributed by atoms with van der Waals surface area (Å²) in [6.07, 6.45) is 1.50. The van der Waals surface area contributed by atoms with Crippen molar-refractivity contribution in [1.29, 1.82) is 10.5 Å². The molecule has 118 valence electrons. The average Bonchev–Trinajstić information content (AvgIpc) is 2.64. The molecule has 0 saturated carbocycles. The maximum atomic E-state index is 12.5. The molecule has 0 fully saturated rings. The second kappa shape index (κ2) is 8.17. The Bertz CT molecular complexity index is 840. The van der Waals surface area contributed by atoms with Gasteiger partial charge in [-0.05, 0) is 35.9 Å². The third-order valence-electron chi connectivity index (χ3n) is 3.21. The van der Waals surface area contributed by atoms with E-state index in [1.54, 1.807) is 48.5 Å². The first-order valence-corrected chi connectivity index (χ1v) is 7.09. The average molecular weight is 318 g/mol. The van der Waals surface area contributed by atoms with Crippen LogP contribution in [0.3, 0.4) is 0 Å². The van der Waals surface area contributed by atoms with Crippen molar-refractivity contribution < 1.29 is 14.3 Å². The maximum Gasteiger partial charge on any atom is 0.207 e. The van der Waals surface area contributed by atoms with E-state index in [0.717, 1.165) is 0 Å². The summed E-state index contributed by atoms with van der Waals surface area (Å²) < 4.78 is 10.3. The van der Waals surface area contributed by atoms with Crippen molar-refractivity contribution in [3.8, 4) is 23.6 Å². The summed E-state index contributed by atoms with van der Waals surface area (Å²) in [5.41, 5.74) is 1.02. The molecule has 0 aliphatic heterocycles. The van der Waals surface area contributed by atoms with Crippen LogP contribution in [0.25, 0.3) is 6.08 Å². The number of carbonyl (C=O) groups excluding carboxylic acids is 1. The summed E-state index contributed by atoms with van der Waals surface area (Å²) in [4.78, 5) is 12.5. The van der Waals surface area contributed by atoms with Gasteiger partial charge < -0.3 is 9.47 Å². The number of rotatable bonds is 6. The SMILES string of the molecule is COc1ccccc1C(=O)/C(C#N)=C\c1ccc(OCC#N)cc1. The Hall–Kier alpha value is -3.57. The fraction of sp³-hybridized carbons (Fsp3) is 0.105. The quantitative estimate of drug-likeness (QED) is 0.463. The lowest BCUT2D eigenvalue weighted by Crippen LogP contribution is -2.04. The van der Waals surface area contributed by atoms with Crippen LogP contribution >= 0.6 is 0 Å². The number of benzene rings is 2. The van der Waals surface area contributed by atoms with Gasteiger partial charge in [-0.3, -0.25) is 4.79 Å². The molecule has 0 N–H and O–H groups in total. The van der Waals surface area contributed by atoms with Gasteiger partial charge in [0.2, 0.25) is 5.78 Å². The molecule has 0 radical (unpaired) electrons. The monoisotopic (exact) mass is 318 g/mol. The highest BCUT2D eigenvalue weighted by atomic mass is 16.5. The fourth-order valence-corrected chi connectivity index (χ4v) is 2.07. The molecule has 0 aliphatic rings. The standard InChI is InChI=1S/C19H14N2O3/c1-23-18-5-3-2-4-17(18)19(22)15(13-21)12-14-6-8-16(9-7-14)24-11-10-20/h2-9,12H,11H2,1H3/b15-12-. The van der Waals surface area contributed by atoms with Crippen LogP contribution in [0, 0.1) is 22.7 Å². The van der Waals surface area contributed by atoms with E-state index in [2.05, 4.69) is 0 Å². The molecule has 2 rings (SSSR count). The van der Waals surface area contributed by atoms with Crippen LogP contribution in [-0.4, -0.2) is 19.5 Å². The second-order valence-electron chi connectivity index (χ2n) is 4.72. The molecule has 0 aromatic heterocycles. The zero-order valence-electron chi connectivity index (χ0n) is 13.0. The first-order chi connectivity index (χ1) is 11.7. The lowest BCUT2D eigenvalue weighted by Gasteiger charge is -2.06. The minimum absolute atomic E-state index is 0.00481. The summed E-state index contributed by atoms with van der Waals surface area (Å²) in [5, 5.41) is 17.8. The Kier molecular flexibility index (Phi) is 5.71. The number of hydrogen-bond acceptors (Lipinski definition) is 5. The Morgan fingerprint density at radius 1 is 1.12 bits per heavy atom. The predicted molar refractivity (Wildman–Crippen MR) is 88.5 cm³/mol. The van der Waals surface area contributed by atoms with E-state index >= 15 is 0 Å². The van der Waals surface area contributed by atoms with Crippen molar-refractivity contribution in [2.45, 2.75) is 0 Å². The lowest BCUT2D eigenvalue weighted by atomic mass is 10.0. The summed E-state index contributed by atoms with van der Waals surface area (Å²) in [5.74, 6) is 0.562. The van der Waals surface area contributed by atoms with Crippen molar-refractivity contribution in [2.75, 3.05) is 13.7 Å². The van der Waals surface area contributed by atoms with Gasteiger partial charge in [-0.1, -0.05) is 24.3 Å². The molecule has 0 unspecified atom stereocenters. The highest BCUT2D eigenvalue weighted by Crippen LogP contribution is 2.22. The van der Waals surface area contributed by atoms with Gasteiger partial charge in [0, 0.05) is 0 Å². The van der Waals surface area contributed by atoms with Gasteiger partial charge in [-0.25, -0.2) is 0 Å². The first kappa shape index (κ1) is 16.8. The Labute approximate surface area is 140 Å². The highest BCUT2D eigenvalue weighted by molar-refractivity contribution is 6.15. The molecule has 0 amide bonds. The minimum Gasteiger partial charge on any atom is -0.496 e. The summed E-state index contributed by atoms with van der Waals surface area (Å²) in [6, 6.07) is 17.3. The molecule has 0 bridgehead atoms. The number of allylic oxidation sites excluding steroid dienone is 1. The number of carbonyl (C=O) groups is 1. The van der Waals surface area contributed by atoms with Gasteiger partial charge >= 0.3 is 0 Å². The number of methoxy groups -OCH3 is 1. The molecule has 0 saturated heterocycles. The fourth-order valence-electron chi connectivity index (χ4n) is 2.07. The lowest BCUT2D eigenvalue weighted by molar-refractivity contribution is 0.103. The van der Waals surface area contributed by atoms with Crippen LogP contribution < -0.4 is 9.47 Å². The molecule has 2 aromatic carbocycles. The van der Waals surface area contributed by atoms with E-state index in [1.165, 1.54) is 13.2 Å². The smallest absolute Gasteiger partial charge is 0.207 e. The van der Waals surface area contributed by atoms with Crippen molar-refractivity contribution in [3.63, 3.8) is 0 Å². The predicted octanol–water partition coefficient (Wildman–Crippen LogP) is 3.39. The second-order valence-corrected chi connectivity index (χ2v) is 4.72. The summed E-state index contributed by atoms with van der Waals surface area (Å²) in [6.45, 7) is -0.0368. The Balaban J connectivity index is 2.27. The normalized spacial score (nSPS) is 10.4. The number of ether oxygens (including phenoxy) is 2. The zero-order valence-corrected chi connectivity index (χ0v) is 13.0. The molecule has 5 nitrogen and oxygen atoms in total. The molecule has 2 aromatic rings. The highest BCUT2D eigenvalue weighted by Gasteiger charge is 2.16. The van der Waals surface area contributed by atoms with Crippen molar-refractivity contribution in [3.05, 3.63) is 65.2 Å². The Morgan fingerprint density at radius 3 is 2.46 bits per heavy atom. The third-order valence-corrected chi connectivity index (χ3v) is 3.21. The van der Waals surface area contributed by atoms with Crippen molar-refractivity contribution in [1.82, 2.24) is 0 Å².